The van der Waals surface area contributed by atoms with Crippen LogP contribution in [-0.2, 0) is 16.6 Å². The minimum absolute atomic E-state index is 0.0491. The summed E-state index contributed by atoms with van der Waals surface area (Å²) in [7, 11) is -4.26. The molecule has 4 N–H and O–H groups in total. The molecule has 0 saturated carbocycles. The summed E-state index contributed by atoms with van der Waals surface area (Å²) >= 11 is 11.8. The van der Waals surface area contributed by atoms with Crippen molar-refractivity contribution in [2.24, 2.45) is 0 Å². The molecule has 0 aliphatic carbocycles. The maximum Gasteiger partial charge on any atom is 0.404 e. The molecule has 3 rings (SSSR count). The molecule has 0 spiro atoms. The molecule has 1 amide bonds. The summed E-state index contributed by atoms with van der Waals surface area (Å²) in [5, 5.41) is 21.3. The molecule has 1 aliphatic heterocycles. The van der Waals surface area contributed by atoms with Crippen LogP contribution in [0.4, 0.5) is 16.2 Å². The molecule has 0 unspecified atom stereocenters. The summed E-state index contributed by atoms with van der Waals surface area (Å²) in [6.45, 7) is 1.49. The van der Waals surface area contributed by atoms with Gasteiger partial charge in [-0.1, -0.05) is 29.3 Å². The third-order valence-corrected chi connectivity index (χ3v) is 6.68. The first kappa shape index (κ1) is 22.3. The van der Waals surface area contributed by atoms with Gasteiger partial charge in [0.25, 0.3) is 10.0 Å². The lowest BCUT2D eigenvalue weighted by Gasteiger charge is -2.31. The van der Waals surface area contributed by atoms with E-state index in [4.69, 9.17) is 28.3 Å². The molecule has 2 aromatic carbocycles. The summed E-state index contributed by atoms with van der Waals surface area (Å²) in [4.78, 5) is 12.7. The lowest BCUT2D eigenvalue weighted by atomic mass is 10.1. The number of amides is 1. The fourth-order valence-electron chi connectivity index (χ4n) is 3.40. The molecular formula is C19H21Cl2N3O5S. The second kappa shape index (κ2) is 9.20. The molecule has 30 heavy (non-hydrogen) atoms. The highest BCUT2D eigenvalue weighted by atomic mass is 35.5. The fraction of sp³-hybridized carbons (Fsp3) is 0.316. The number of phenolic OH excluding ortho intramolecular Hbond substituents is 1. The average Bonchev–Trinajstić information content (AvgIpc) is 2.69. The summed E-state index contributed by atoms with van der Waals surface area (Å²) in [6, 6.07) is 7.38. The van der Waals surface area contributed by atoms with Gasteiger partial charge in [0.1, 0.15) is 4.90 Å². The molecule has 8 nitrogen and oxygen atoms in total. The van der Waals surface area contributed by atoms with Crippen molar-refractivity contribution >= 4 is 50.7 Å². The molecule has 1 heterocycles. The van der Waals surface area contributed by atoms with Crippen molar-refractivity contribution in [3.63, 3.8) is 0 Å². The Hall–Kier alpha value is -2.36. The van der Waals surface area contributed by atoms with Crippen molar-refractivity contribution < 1.29 is 23.4 Å². The fourth-order valence-corrected chi connectivity index (χ4v) is 5.25. The van der Waals surface area contributed by atoms with E-state index in [0.717, 1.165) is 44.1 Å². The maximum absolute atomic E-state index is 13.0. The van der Waals surface area contributed by atoms with Gasteiger partial charge in [0.2, 0.25) is 0 Å². The highest BCUT2D eigenvalue weighted by Crippen LogP contribution is 2.36. The van der Waals surface area contributed by atoms with E-state index in [1.165, 1.54) is 12.1 Å². The van der Waals surface area contributed by atoms with Crippen molar-refractivity contribution in [1.82, 2.24) is 5.32 Å². The number of rotatable bonds is 6. The number of carbonyl (C=O) groups is 1. The Morgan fingerprint density at radius 3 is 2.50 bits per heavy atom. The number of hydrogen-bond acceptors (Lipinski definition) is 5. The van der Waals surface area contributed by atoms with Gasteiger partial charge < -0.3 is 20.4 Å². The van der Waals surface area contributed by atoms with Gasteiger partial charge in [-0.2, -0.15) is 0 Å². The van der Waals surface area contributed by atoms with Crippen LogP contribution < -0.4 is 14.9 Å². The number of halogens is 2. The van der Waals surface area contributed by atoms with Crippen molar-refractivity contribution in [3.8, 4) is 5.75 Å². The molecule has 1 fully saturated rings. The second-order valence-electron chi connectivity index (χ2n) is 6.85. The van der Waals surface area contributed by atoms with E-state index in [9.17, 15) is 18.3 Å². The van der Waals surface area contributed by atoms with E-state index in [2.05, 4.69) is 14.9 Å². The largest absolute Gasteiger partial charge is 0.505 e. The van der Waals surface area contributed by atoms with E-state index in [1.807, 2.05) is 6.07 Å². The lowest BCUT2D eigenvalue weighted by Crippen LogP contribution is -2.32. The van der Waals surface area contributed by atoms with Crippen LogP contribution in [0, 0.1) is 0 Å². The Balaban J connectivity index is 2.03. The summed E-state index contributed by atoms with van der Waals surface area (Å²) in [6.07, 6.45) is 1.88. The van der Waals surface area contributed by atoms with Crippen LogP contribution in [0.3, 0.4) is 0 Å². The van der Waals surface area contributed by atoms with Crippen LogP contribution in [0.25, 0.3) is 0 Å². The second-order valence-corrected chi connectivity index (χ2v) is 9.34. The van der Waals surface area contributed by atoms with Gasteiger partial charge in [0, 0.05) is 29.4 Å². The molecule has 0 aromatic heterocycles. The van der Waals surface area contributed by atoms with Crippen molar-refractivity contribution in [2.75, 3.05) is 22.7 Å². The molecule has 0 atom stereocenters. The van der Waals surface area contributed by atoms with Crippen molar-refractivity contribution in [3.05, 3.63) is 45.9 Å². The molecule has 2 aromatic rings. The Morgan fingerprint density at radius 2 is 1.83 bits per heavy atom. The number of aromatic hydroxyl groups is 1. The average molecular weight is 474 g/mol. The van der Waals surface area contributed by atoms with Crippen LogP contribution in [0.2, 0.25) is 10.0 Å². The number of anilines is 2. The minimum Gasteiger partial charge on any atom is -0.505 e. The highest BCUT2D eigenvalue weighted by Gasteiger charge is 2.25. The molecule has 0 radical (unpaired) electrons. The first-order valence-electron chi connectivity index (χ1n) is 9.23. The number of piperidine rings is 1. The molecule has 162 valence electrons. The third-order valence-electron chi connectivity index (χ3n) is 4.79. The van der Waals surface area contributed by atoms with Crippen molar-refractivity contribution in [1.29, 1.82) is 0 Å². The van der Waals surface area contributed by atoms with Gasteiger partial charge >= 0.3 is 6.09 Å². The zero-order valence-corrected chi connectivity index (χ0v) is 18.2. The number of phenols is 1. The van der Waals surface area contributed by atoms with Gasteiger partial charge in [0.15, 0.2) is 5.75 Å². The van der Waals surface area contributed by atoms with Gasteiger partial charge in [-0.05, 0) is 43.5 Å². The zero-order chi connectivity index (χ0) is 21.9. The number of carboxylic acid groups (broad SMARTS) is 1. The van der Waals surface area contributed by atoms with E-state index >= 15 is 0 Å². The van der Waals surface area contributed by atoms with E-state index < -0.39 is 26.8 Å². The monoisotopic (exact) mass is 473 g/mol. The summed E-state index contributed by atoms with van der Waals surface area (Å²) in [5.74, 6) is -0.619. The van der Waals surface area contributed by atoms with Gasteiger partial charge in [-0.3, -0.25) is 4.72 Å². The van der Waals surface area contributed by atoms with E-state index in [-0.39, 0.29) is 22.3 Å². The zero-order valence-electron chi connectivity index (χ0n) is 15.9. The van der Waals surface area contributed by atoms with Crippen LogP contribution in [0.15, 0.2) is 35.2 Å². The van der Waals surface area contributed by atoms with Gasteiger partial charge in [-0.15, -0.1) is 0 Å². The smallest absolute Gasteiger partial charge is 0.404 e. The van der Waals surface area contributed by atoms with Crippen LogP contribution in [0.1, 0.15) is 24.8 Å². The molecule has 11 heteroatoms. The third kappa shape index (κ3) is 5.03. The Labute approximate surface area is 184 Å². The van der Waals surface area contributed by atoms with Gasteiger partial charge in [0.05, 0.1) is 17.3 Å². The Morgan fingerprint density at radius 1 is 1.13 bits per heavy atom. The number of benzene rings is 2. The molecular weight excluding hydrogens is 453 g/mol. The normalized spacial score (nSPS) is 14.4. The highest BCUT2D eigenvalue weighted by molar-refractivity contribution is 7.92. The number of nitrogens with one attached hydrogen (secondary N) is 2. The predicted octanol–water partition coefficient (Wildman–Crippen LogP) is 4.26. The van der Waals surface area contributed by atoms with E-state index in [1.54, 1.807) is 6.07 Å². The molecule has 1 saturated heterocycles. The minimum atomic E-state index is -4.26. The summed E-state index contributed by atoms with van der Waals surface area (Å²) < 4.78 is 28.4. The summed E-state index contributed by atoms with van der Waals surface area (Å²) in [5.41, 5.74) is 1.43. The molecule has 1 aliphatic rings. The maximum atomic E-state index is 13.0. The Bertz CT molecular complexity index is 1060. The quantitative estimate of drug-likeness (QED) is 0.497. The van der Waals surface area contributed by atoms with Crippen molar-refractivity contribution in [2.45, 2.75) is 30.7 Å². The standard InChI is InChI=1S/C19H21Cl2N3O5S/c20-12-9-14(21)18(25)17(10-12)30(28,29)23-15-5-4-6-16(13(15)11-22-19(26)27)24-7-2-1-3-8-24/h4-6,9-10,22-23,25H,1-3,7-8,11H2,(H,26,27). The topological polar surface area (TPSA) is 119 Å². The lowest BCUT2D eigenvalue weighted by molar-refractivity contribution is 0.194. The number of hydrogen-bond donors (Lipinski definition) is 4. The van der Waals surface area contributed by atoms with Crippen LogP contribution in [-0.4, -0.2) is 37.8 Å². The predicted molar refractivity (Wildman–Crippen MR) is 116 cm³/mol. The van der Waals surface area contributed by atoms with Gasteiger partial charge in [-0.25, -0.2) is 13.2 Å². The van der Waals surface area contributed by atoms with Crippen LogP contribution >= 0.6 is 23.2 Å². The van der Waals surface area contributed by atoms with E-state index in [0.29, 0.717) is 5.56 Å². The molecule has 0 bridgehead atoms. The van der Waals surface area contributed by atoms with Crippen LogP contribution in [0.5, 0.6) is 5.75 Å². The first-order valence-corrected chi connectivity index (χ1v) is 11.5. The number of nitrogens with zero attached hydrogens (tertiary/aromatic N) is 1. The number of sulfonamides is 1. The first-order chi connectivity index (χ1) is 14.2. The Kier molecular flexibility index (Phi) is 6.84. The SMILES string of the molecule is O=C(O)NCc1c(NS(=O)(=O)c2cc(Cl)cc(Cl)c2O)cccc1N1CCCCC1.